The highest BCUT2D eigenvalue weighted by Crippen LogP contribution is 2.40. The second-order valence-electron chi connectivity index (χ2n) is 4.99. The van der Waals surface area contributed by atoms with Crippen LogP contribution in [0.2, 0.25) is 0 Å². The van der Waals surface area contributed by atoms with Gasteiger partial charge in [-0.15, -0.1) is 0 Å². The van der Waals surface area contributed by atoms with Crippen LogP contribution in [0.4, 0.5) is 8.78 Å². The minimum absolute atomic E-state index is 0.00585. The molecule has 2 atom stereocenters. The zero-order valence-corrected chi connectivity index (χ0v) is 11.4. The summed E-state index contributed by atoms with van der Waals surface area (Å²) in [5.74, 6) is -3.04. The number of halogens is 2. The summed E-state index contributed by atoms with van der Waals surface area (Å²) in [6.07, 6.45) is 0.699. The molecular weight excluding hydrogens is 274 g/mol. The SMILES string of the molecule is Cc1[nH]c([C@H]2CCCC(F)(F)C2)cc(=O)c1S(N)=O. The van der Waals surface area contributed by atoms with Crippen LogP contribution in [0.5, 0.6) is 0 Å². The van der Waals surface area contributed by atoms with Crippen molar-refractivity contribution in [1.29, 1.82) is 0 Å². The average Bonchev–Trinajstić information content (AvgIpc) is 2.25. The summed E-state index contributed by atoms with van der Waals surface area (Å²) < 4.78 is 38.0. The van der Waals surface area contributed by atoms with Crippen LogP contribution in [-0.2, 0) is 11.0 Å². The molecule has 1 aromatic rings. The van der Waals surface area contributed by atoms with Gasteiger partial charge in [0.05, 0.1) is 0 Å². The number of rotatable bonds is 2. The van der Waals surface area contributed by atoms with Crippen LogP contribution >= 0.6 is 0 Å². The predicted octanol–water partition coefficient (Wildman–Crippen LogP) is 1.96. The molecule has 0 spiro atoms. The van der Waals surface area contributed by atoms with Crippen LogP contribution in [0.1, 0.15) is 43.0 Å². The summed E-state index contributed by atoms with van der Waals surface area (Å²) in [6, 6.07) is 1.25. The summed E-state index contributed by atoms with van der Waals surface area (Å²) in [5, 5.41) is 5.22. The number of hydrogen-bond acceptors (Lipinski definition) is 2. The molecule has 0 saturated heterocycles. The molecule has 1 aliphatic carbocycles. The third-order valence-electron chi connectivity index (χ3n) is 3.46. The molecule has 0 aliphatic heterocycles. The Kier molecular flexibility index (Phi) is 3.87. The number of aryl methyl sites for hydroxylation is 1. The quantitative estimate of drug-likeness (QED) is 0.873. The fraction of sp³-hybridized carbons (Fsp3) is 0.583. The Balaban J connectivity index is 2.37. The Hall–Kier alpha value is -1.08. The van der Waals surface area contributed by atoms with Gasteiger partial charge in [-0.1, -0.05) is 0 Å². The highest BCUT2D eigenvalue weighted by Gasteiger charge is 2.37. The van der Waals surface area contributed by atoms with Crippen LogP contribution < -0.4 is 10.6 Å². The number of nitrogens with one attached hydrogen (secondary N) is 1. The monoisotopic (exact) mass is 290 g/mol. The van der Waals surface area contributed by atoms with Gasteiger partial charge in [0, 0.05) is 36.2 Å². The number of nitrogens with two attached hydrogens (primary N) is 1. The van der Waals surface area contributed by atoms with E-state index in [2.05, 4.69) is 4.98 Å². The number of pyridine rings is 1. The molecule has 1 unspecified atom stereocenters. The lowest BCUT2D eigenvalue weighted by atomic mass is 9.84. The van der Waals surface area contributed by atoms with Gasteiger partial charge in [0.2, 0.25) is 5.92 Å². The average molecular weight is 290 g/mol. The predicted molar refractivity (Wildman–Crippen MR) is 68.6 cm³/mol. The summed E-state index contributed by atoms with van der Waals surface area (Å²) in [5.41, 5.74) is 0.411. The Morgan fingerprint density at radius 2 is 2.21 bits per heavy atom. The minimum Gasteiger partial charge on any atom is -0.361 e. The lowest BCUT2D eigenvalue weighted by Crippen LogP contribution is -2.27. The van der Waals surface area contributed by atoms with Crippen molar-refractivity contribution in [2.24, 2.45) is 5.14 Å². The fourth-order valence-electron chi connectivity index (χ4n) is 2.61. The first kappa shape index (κ1) is 14.3. The lowest BCUT2D eigenvalue weighted by Gasteiger charge is -2.29. The van der Waals surface area contributed by atoms with Crippen molar-refractivity contribution >= 4 is 11.0 Å². The van der Waals surface area contributed by atoms with Gasteiger partial charge >= 0.3 is 0 Å². The molecule has 4 nitrogen and oxygen atoms in total. The van der Waals surface area contributed by atoms with Gasteiger partial charge in [0.15, 0.2) is 5.43 Å². The molecule has 2 rings (SSSR count). The molecule has 7 heteroatoms. The topological polar surface area (TPSA) is 75.9 Å². The highest BCUT2D eigenvalue weighted by molar-refractivity contribution is 7.82. The number of H-pyrrole nitrogens is 1. The Labute approximate surface area is 112 Å². The van der Waals surface area contributed by atoms with E-state index < -0.39 is 22.3 Å². The summed E-state index contributed by atoms with van der Waals surface area (Å²) in [6.45, 7) is 1.58. The van der Waals surface area contributed by atoms with Gasteiger partial charge in [0.25, 0.3) is 0 Å². The molecule has 3 N–H and O–H groups in total. The van der Waals surface area contributed by atoms with Crippen molar-refractivity contribution in [1.82, 2.24) is 4.98 Å². The molecule has 19 heavy (non-hydrogen) atoms. The molecular formula is C12H16F2N2O2S. The van der Waals surface area contributed by atoms with Crippen LogP contribution in [-0.4, -0.2) is 15.1 Å². The molecule has 1 aliphatic rings. The maximum Gasteiger partial charge on any atom is 0.248 e. The van der Waals surface area contributed by atoms with Gasteiger partial charge in [-0.2, -0.15) is 0 Å². The summed E-state index contributed by atoms with van der Waals surface area (Å²) in [4.78, 5) is 14.7. The largest absolute Gasteiger partial charge is 0.361 e. The molecule has 0 aromatic carbocycles. The van der Waals surface area contributed by atoms with E-state index in [0.29, 0.717) is 24.2 Å². The normalized spacial score (nSPS) is 24.1. The minimum atomic E-state index is -2.68. The molecule has 0 bridgehead atoms. The van der Waals surface area contributed by atoms with Gasteiger partial charge in [0.1, 0.15) is 15.9 Å². The first-order chi connectivity index (χ1) is 8.80. The summed E-state index contributed by atoms with van der Waals surface area (Å²) in [7, 11) is -1.87. The fourth-order valence-corrected chi connectivity index (χ4v) is 3.22. The Morgan fingerprint density at radius 3 is 2.74 bits per heavy atom. The second kappa shape index (κ2) is 5.13. The smallest absolute Gasteiger partial charge is 0.248 e. The second-order valence-corrected chi connectivity index (χ2v) is 5.99. The maximum atomic E-state index is 13.4. The van der Waals surface area contributed by atoms with Crippen LogP contribution in [0.25, 0.3) is 0 Å². The molecule has 1 aromatic heterocycles. The van der Waals surface area contributed by atoms with Crippen molar-refractivity contribution in [2.45, 2.75) is 49.3 Å². The van der Waals surface area contributed by atoms with Crippen molar-refractivity contribution in [3.63, 3.8) is 0 Å². The first-order valence-corrected chi connectivity index (χ1v) is 7.29. The van der Waals surface area contributed by atoms with Crippen LogP contribution in [0, 0.1) is 6.92 Å². The standard InChI is InChI=1S/C12H16F2N2O2S/c1-7-11(19(15)18)10(17)5-9(16-7)8-3-2-4-12(13,14)6-8/h5,8H,2-4,6,15H2,1H3,(H,16,17)/t8-,19?/m0/s1. The van der Waals surface area contributed by atoms with E-state index in [9.17, 15) is 17.8 Å². The molecule has 0 amide bonds. The Bertz CT molecular complexity index is 571. The van der Waals surface area contributed by atoms with Crippen molar-refractivity contribution in [2.75, 3.05) is 0 Å². The highest BCUT2D eigenvalue weighted by atomic mass is 32.2. The third kappa shape index (κ3) is 3.09. The van der Waals surface area contributed by atoms with Crippen LogP contribution in [0.15, 0.2) is 15.8 Å². The molecule has 1 fully saturated rings. The zero-order valence-electron chi connectivity index (χ0n) is 10.5. The van der Waals surface area contributed by atoms with E-state index in [0.717, 1.165) is 0 Å². The van der Waals surface area contributed by atoms with E-state index in [4.69, 9.17) is 5.14 Å². The number of hydrogen-bond donors (Lipinski definition) is 2. The maximum absolute atomic E-state index is 13.4. The number of alkyl halides is 2. The molecule has 106 valence electrons. The van der Waals surface area contributed by atoms with Gasteiger partial charge in [-0.05, 0) is 19.8 Å². The van der Waals surface area contributed by atoms with Gasteiger partial charge in [-0.3, -0.25) is 4.79 Å². The first-order valence-electron chi connectivity index (χ1n) is 6.08. The van der Waals surface area contributed by atoms with Gasteiger partial charge < -0.3 is 4.98 Å². The van der Waals surface area contributed by atoms with E-state index in [1.54, 1.807) is 6.92 Å². The Morgan fingerprint density at radius 1 is 1.53 bits per heavy atom. The van der Waals surface area contributed by atoms with E-state index in [1.165, 1.54) is 6.07 Å². The molecule has 1 saturated carbocycles. The molecule has 0 radical (unpaired) electrons. The lowest BCUT2D eigenvalue weighted by molar-refractivity contribution is -0.0412. The van der Waals surface area contributed by atoms with E-state index in [1.807, 2.05) is 0 Å². The van der Waals surface area contributed by atoms with Crippen LogP contribution in [0.3, 0.4) is 0 Å². The molecule has 1 heterocycles. The van der Waals surface area contributed by atoms with E-state index >= 15 is 0 Å². The van der Waals surface area contributed by atoms with Gasteiger partial charge in [-0.25, -0.2) is 18.1 Å². The zero-order chi connectivity index (χ0) is 14.2. The summed E-state index contributed by atoms with van der Waals surface area (Å²) >= 11 is 0. The number of aromatic nitrogens is 1. The van der Waals surface area contributed by atoms with Crippen molar-refractivity contribution < 1.29 is 13.0 Å². The van der Waals surface area contributed by atoms with Crippen molar-refractivity contribution in [3.05, 3.63) is 27.7 Å². The third-order valence-corrected chi connectivity index (χ3v) is 4.37. The van der Waals surface area contributed by atoms with E-state index in [-0.39, 0.29) is 23.7 Å². The number of aromatic amines is 1. The van der Waals surface area contributed by atoms with Crippen molar-refractivity contribution in [3.8, 4) is 0 Å².